The normalized spacial score (nSPS) is 12.8. The summed E-state index contributed by atoms with van der Waals surface area (Å²) in [6.07, 6.45) is 3.73. The molecule has 0 amide bonds. The van der Waals surface area contributed by atoms with Crippen LogP contribution in [-0.4, -0.2) is 41.3 Å². The predicted molar refractivity (Wildman–Crippen MR) is 81.3 cm³/mol. The zero-order valence-corrected chi connectivity index (χ0v) is 14.0. The van der Waals surface area contributed by atoms with Crippen molar-refractivity contribution in [2.45, 2.75) is 50.0 Å². The Balaban J connectivity index is 2.96. The number of aliphatic hydroxyl groups excluding tert-OH is 1. The molecule has 116 valence electrons. The molecule has 0 fully saturated rings. The molecular formula is C12H23N3O3S2. The lowest BCUT2D eigenvalue weighted by Crippen LogP contribution is -2.39. The van der Waals surface area contributed by atoms with Crippen LogP contribution in [-0.2, 0) is 16.6 Å². The second-order valence-corrected chi connectivity index (χ2v) is 7.67. The Kier molecular flexibility index (Phi) is 6.06. The molecule has 0 aliphatic carbocycles. The highest BCUT2D eigenvalue weighted by Crippen LogP contribution is 2.30. The molecule has 0 aromatic carbocycles. The van der Waals surface area contributed by atoms with Crippen molar-refractivity contribution in [3.8, 4) is 0 Å². The fourth-order valence-corrected chi connectivity index (χ4v) is 4.19. The van der Waals surface area contributed by atoms with Crippen LogP contribution in [0.4, 0.5) is 0 Å². The van der Waals surface area contributed by atoms with E-state index in [0.717, 1.165) is 12.8 Å². The third-order valence-corrected chi connectivity index (χ3v) is 6.71. The SMILES string of the molecule is CCC(CC)(CNS(=O)(=O)c1n[nH]c(C)c1CO)SC. The summed E-state index contributed by atoms with van der Waals surface area (Å²) in [5.74, 6) is 0. The van der Waals surface area contributed by atoms with Gasteiger partial charge < -0.3 is 5.11 Å². The molecule has 0 radical (unpaired) electrons. The number of thioether (sulfide) groups is 1. The number of sulfonamides is 1. The Labute approximate surface area is 124 Å². The first-order valence-corrected chi connectivity index (χ1v) is 9.26. The van der Waals surface area contributed by atoms with Gasteiger partial charge in [0.1, 0.15) is 0 Å². The largest absolute Gasteiger partial charge is 0.392 e. The standard InChI is InChI=1S/C12H23N3O3S2/c1-5-12(6-2,19-4)8-13-20(17,18)11-10(7-16)9(3)14-15-11/h13,16H,5-8H2,1-4H3,(H,14,15). The number of hydrogen-bond donors (Lipinski definition) is 3. The van der Waals surface area contributed by atoms with Gasteiger partial charge in [0.15, 0.2) is 5.03 Å². The summed E-state index contributed by atoms with van der Waals surface area (Å²) in [5.41, 5.74) is 0.884. The van der Waals surface area contributed by atoms with Crippen molar-refractivity contribution in [3.05, 3.63) is 11.3 Å². The summed E-state index contributed by atoms with van der Waals surface area (Å²) in [5, 5.41) is 15.5. The number of aliphatic hydroxyl groups is 1. The van der Waals surface area contributed by atoms with Crippen molar-refractivity contribution >= 4 is 21.8 Å². The van der Waals surface area contributed by atoms with Gasteiger partial charge in [-0.15, -0.1) is 0 Å². The molecule has 20 heavy (non-hydrogen) atoms. The van der Waals surface area contributed by atoms with E-state index in [9.17, 15) is 13.5 Å². The lowest BCUT2D eigenvalue weighted by Gasteiger charge is -2.29. The number of rotatable bonds is 8. The Hall–Kier alpha value is -0.570. The minimum absolute atomic E-state index is 0.111. The van der Waals surface area contributed by atoms with Crippen LogP contribution in [0.15, 0.2) is 5.03 Å². The molecule has 0 spiro atoms. The Morgan fingerprint density at radius 2 is 2.00 bits per heavy atom. The second-order valence-electron chi connectivity index (χ2n) is 4.71. The molecule has 0 unspecified atom stereocenters. The van der Waals surface area contributed by atoms with E-state index in [2.05, 4.69) is 14.9 Å². The lowest BCUT2D eigenvalue weighted by atomic mass is 10.0. The third kappa shape index (κ3) is 3.55. The lowest BCUT2D eigenvalue weighted by molar-refractivity contribution is 0.277. The molecule has 0 saturated carbocycles. The summed E-state index contributed by atoms with van der Waals surface area (Å²) in [7, 11) is -3.71. The van der Waals surface area contributed by atoms with Gasteiger partial charge in [0.2, 0.25) is 0 Å². The van der Waals surface area contributed by atoms with Crippen LogP contribution in [0.1, 0.15) is 37.9 Å². The molecule has 0 aliphatic heterocycles. The van der Waals surface area contributed by atoms with Gasteiger partial charge in [-0.05, 0) is 26.0 Å². The summed E-state index contributed by atoms with van der Waals surface area (Å²) >= 11 is 1.66. The molecule has 1 aromatic heterocycles. The highest BCUT2D eigenvalue weighted by Gasteiger charge is 2.30. The summed E-state index contributed by atoms with van der Waals surface area (Å²) in [6, 6.07) is 0. The van der Waals surface area contributed by atoms with E-state index >= 15 is 0 Å². The van der Waals surface area contributed by atoms with E-state index in [-0.39, 0.29) is 16.4 Å². The van der Waals surface area contributed by atoms with Crippen LogP contribution in [0.3, 0.4) is 0 Å². The van der Waals surface area contributed by atoms with E-state index in [0.29, 0.717) is 17.8 Å². The van der Waals surface area contributed by atoms with Crippen LogP contribution in [0, 0.1) is 6.92 Å². The zero-order valence-electron chi connectivity index (χ0n) is 12.4. The topological polar surface area (TPSA) is 95.1 Å². The average Bonchev–Trinajstić information content (AvgIpc) is 2.83. The number of hydrogen-bond acceptors (Lipinski definition) is 5. The van der Waals surface area contributed by atoms with E-state index in [1.165, 1.54) is 0 Å². The number of H-pyrrole nitrogens is 1. The van der Waals surface area contributed by atoms with Gasteiger partial charge in [-0.1, -0.05) is 13.8 Å². The first-order chi connectivity index (χ1) is 9.35. The highest BCUT2D eigenvalue weighted by atomic mass is 32.2. The number of aromatic amines is 1. The zero-order chi connectivity index (χ0) is 15.4. The number of nitrogens with zero attached hydrogens (tertiary/aromatic N) is 1. The minimum Gasteiger partial charge on any atom is -0.392 e. The van der Waals surface area contributed by atoms with Crippen LogP contribution in [0.25, 0.3) is 0 Å². The van der Waals surface area contributed by atoms with Gasteiger partial charge in [-0.3, -0.25) is 5.10 Å². The van der Waals surface area contributed by atoms with Gasteiger partial charge in [-0.25, -0.2) is 13.1 Å². The molecule has 0 aliphatic rings. The van der Waals surface area contributed by atoms with Crippen LogP contribution >= 0.6 is 11.8 Å². The Bertz CT molecular complexity index is 528. The van der Waals surface area contributed by atoms with Crippen molar-refractivity contribution in [2.75, 3.05) is 12.8 Å². The van der Waals surface area contributed by atoms with Crippen molar-refractivity contribution in [2.24, 2.45) is 0 Å². The molecule has 8 heteroatoms. The van der Waals surface area contributed by atoms with Gasteiger partial charge in [0.05, 0.1) is 6.61 Å². The predicted octanol–water partition coefficient (Wildman–Crippen LogP) is 1.41. The van der Waals surface area contributed by atoms with E-state index in [1.807, 2.05) is 20.1 Å². The second kappa shape index (κ2) is 6.93. The minimum atomic E-state index is -3.71. The summed E-state index contributed by atoms with van der Waals surface area (Å²) < 4.78 is 27.1. The van der Waals surface area contributed by atoms with Crippen LogP contribution in [0.5, 0.6) is 0 Å². The molecule has 1 aromatic rings. The average molecular weight is 321 g/mol. The number of aryl methyl sites for hydroxylation is 1. The number of aromatic nitrogens is 2. The maximum Gasteiger partial charge on any atom is 0.260 e. The van der Waals surface area contributed by atoms with Crippen molar-refractivity contribution in [3.63, 3.8) is 0 Å². The van der Waals surface area contributed by atoms with Gasteiger partial charge >= 0.3 is 0 Å². The Morgan fingerprint density at radius 1 is 1.40 bits per heavy atom. The van der Waals surface area contributed by atoms with Crippen molar-refractivity contribution in [1.82, 2.24) is 14.9 Å². The monoisotopic (exact) mass is 321 g/mol. The fraction of sp³-hybridized carbons (Fsp3) is 0.750. The molecule has 0 saturated heterocycles. The molecule has 3 N–H and O–H groups in total. The quantitative estimate of drug-likeness (QED) is 0.673. The molecular weight excluding hydrogens is 298 g/mol. The van der Waals surface area contributed by atoms with Crippen LogP contribution < -0.4 is 4.72 Å². The molecule has 0 atom stereocenters. The maximum absolute atomic E-state index is 12.3. The Morgan fingerprint density at radius 3 is 2.45 bits per heavy atom. The third-order valence-electron chi connectivity index (χ3n) is 3.75. The summed E-state index contributed by atoms with van der Waals surface area (Å²) in [6.45, 7) is 5.77. The van der Waals surface area contributed by atoms with Gasteiger partial charge in [-0.2, -0.15) is 16.9 Å². The van der Waals surface area contributed by atoms with Crippen molar-refractivity contribution in [1.29, 1.82) is 0 Å². The van der Waals surface area contributed by atoms with E-state index in [1.54, 1.807) is 18.7 Å². The van der Waals surface area contributed by atoms with E-state index < -0.39 is 10.0 Å². The molecule has 1 heterocycles. The smallest absolute Gasteiger partial charge is 0.260 e. The molecule has 0 bridgehead atoms. The maximum atomic E-state index is 12.3. The number of nitrogens with one attached hydrogen (secondary N) is 2. The highest BCUT2D eigenvalue weighted by molar-refractivity contribution is 8.00. The van der Waals surface area contributed by atoms with Gasteiger partial charge in [0.25, 0.3) is 10.0 Å². The van der Waals surface area contributed by atoms with Gasteiger partial charge in [0, 0.05) is 22.5 Å². The van der Waals surface area contributed by atoms with Crippen molar-refractivity contribution < 1.29 is 13.5 Å². The van der Waals surface area contributed by atoms with Crippen LogP contribution in [0.2, 0.25) is 0 Å². The van der Waals surface area contributed by atoms with E-state index in [4.69, 9.17) is 0 Å². The first-order valence-electron chi connectivity index (χ1n) is 6.55. The fourth-order valence-electron chi connectivity index (χ4n) is 1.99. The molecule has 6 nitrogen and oxygen atoms in total. The first kappa shape index (κ1) is 17.5. The summed E-state index contributed by atoms with van der Waals surface area (Å²) in [4.78, 5) is 0. The molecule has 1 rings (SSSR count).